The van der Waals surface area contributed by atoms with Gasteiger partial charge in [-0.15, -0.1) is 11.3 Å². The number of hydrogen-bond acceptors (Lipinski definition) is 8. The number of ether oxygens (including phenoxy) is 1. The van der Waals surface area contributed by atoms with Gasteiger partial charge in [-0.3, -0.25) is 14.8 Å². The predicted octanol–water partition coefficient (Wildman–Crippen LogP) is 6.38. The Kier molecular flexibility index (Phi) is 8.13. The molecule has 1 saturated heterocycles. The Balaban J connectivity index is 1.15. The van der Waals surface area contributed by atoms with Gasteiger partial charge < -0.3 is 19.1 Å². The summed E-state index contributed by atoms with van der Waals surface area (Å²) in [5, 5.41) is 10.4. The standard InChI is InChI=1S/C33H34ClFN8O3S/c1-33(2,3)46-32(45)41-14-12-40(13-15-41)21-8-6-20(7-9-21)22-17-24(34)23-18-43(39-27(23)26(22)35)29(30(44)38-31-36-10-16-47-31)28-25-5-4-11-42(25)19-37-28/h6-10,16-19,29H,4-5,11-15H2,1-3H3,(H,36,38,44). The maximum Gasteiger partial charge on any atom is 0.410 e. The van der Waals surface area contributed by atoms with E-state index in [0.717, 1.165) is 30.8 Å². The van der Waals surface area contributed by atoms with Crippen molar-refractivity contribution in [1.29, 1.82) is 0 Å². The Labute approximate surface area is 279 Å². The summed E-state index contributed by atoms with van der Waals surface area (Å²) in [6.45, 7) is 8.79. The second-order valence-electron chi connectivity index (χ2n) is 12.7. The Morgan fingerprint density at radius 2 is 1.85 bits per heavy atom. The van der Waals surface area contributed by atoms with Crippen molar-refractivity contribution < 1.29 is 18.7 Å². The first-order valence-electron chi connectivity index (χ1n) is 15.5. The molecule has 1 atom stereocenters. The summed E-state index contributed by atoms with van der Waals surface area (Å²) in [5.74, 6) is -0.906. The van der Waals surface area contributed by atoms with Crippen molar-refractivity contribution in [2.24, 2.45) is 0 Å². The molecule has 2 aromatic carbocycles. The predicted molar refractivity (Wildman–Crippen MR) is 180 cm³/mol. The third-order valence-electron chi connectivity index (χ3n) is 8.41. The molecule has 0 radical (unpaired) electrons. The molecule has 1 N–H and O–H groups in total. The molecule has 0 bridgehead atoms. The van der Waals surface area contributed by atoms with Gasteiger partial charge in [0.2, 0.25) is 0 Å². The summed E-state index contributed by atoms with van der Waals surface area (Å²) >= 11 is 8.05. The zero-order valence-corrected chi connectivity index (χ0v) is 27.8. The van der Waals surface area contributed by atoms with Gasteiger partial charge in [-0.1, -0.05) is 23.7 Å². The van der Waals surface area contributed by atoms with Crippen molar-refractivity contribution >= 4 is 56.7 Å². The van der Waals surface area contributed by atoms with Crippen LogP contribution in [0.5, 0.6) is 0 Å². The molecular weight excluding hydrogens is 643 g/mol. The molecule has 5 aromatic rings. The molecule has 2 aliphatic heterocycles. The average Bonchev–Trinajstić information content (AvgIpc) is 3.85. The maximum atomic E-state index is 16.2. The number of piperazine rings is 1. The Morgan fingerprint density at radius 1 is 1.09 bits per heavy atom. The summed E-state index contributed by atoms with van der Waals surface area (Å²) in [5.41, 5.74) is 2.98. The number of aryl methyl sites for hydroxylation is 1. The summed E-state index contributed by atoms with van der Waals surface area (Å²) < 4.78 is 25.2. The lowest BCUT2D eigenvalue weighted by atomic mass is 10.0. The number of nitrogens with one attached hydrogen (secondary N) is 1. The van der Waals surface area contributed by atoms with E-state index in [9.17, 15) is 9.59 Å². The summed E-state index contributed by atoms with van der Waals surface area (Å²) in [6, 6.07) is 8.23. The van der Waals surface area contributed by atoms with Gasteiger partial charge in [0.1, 0.15) is 11.1 Å². The number of thiazole rings is 1. The molecule has 5 heterocycles. The van der Waals surface area contributed by atoms with E-state index in [-0.39, 0.29) is 17.5 Å². The molecule has 47 heavy (non-hydrogen) atoms. The van der Waals surface area contributed by atoms with Gasteiger partial charge in [0.15, 0.2) is 17.0 Å². The molecule has 3 aromatic heterocycles. The van der Waals surface area contributed by atoms with Crippen molar-refractivity contribution in [1.82, 2.24) is 29.2 Å². The van der Waals surface area contributed by atoms with Gasteiger partial charge in [-0.2, -0.15) is 5.10 Å². The lowest BCUT2D eigenvalue weighted by Crippen LogP contribution is -2.50. The zero-order valence-electron chi connectivity index (χ0n) is 26.2. The normalized spacial score (nSPS) is 15.6. The summed E-state index contributed by atoms with van der Waals surface area (Å²) in [6.07, 6.45) is 6.39. The first kappa shape index (κ1) is 31.1. The van der Waals surface area contributed by atoms with Crippen molar-refractivity contribution in [2.45, 2.75) is 51.8 Å². The van der Waals surface area contributed by atoms with Gasteiger partial charge in [-0.25, -0.2) is 19.2 Å². The third kappa shape index (κ3) is 6.17. The van der Waals surface area contributed by atoms with Crippen molar-refractivity contribution in [2.75, 3.05) is 36.4 Å². The van der Waals surface area contributed by atoms with E-state index in [1.165, 1.54) is 16.0 Å². The zero-order chi connectivity index (χ0) is 32.9. The van der Waals surface area contributed by atoms with Crippen LogP contribution in [0.1, 0.15) is 44.6 Å². The molecule has 1 unspecified atom stereocenters. The van der Waals surface area contributed by atoms with E-state index in [1.807, 2.05) is 49.6 Å². The Hall–Kier alpha value is -4.49. The maximum absolute atomic E-state index is 16.2. The van der Waals surface area contributed by atoms with Crippen molar-refractivity contribution in [3.05, 3.63) is 76.7 Å². The second-order valence-corrected chi connectivity index (χ2v) is 14.0. The summed E-state index contributed by atoms with van der Waals surface area (Å²) in [7, 11) is 0. The quantitative estimate of drug-likeness (QED) is 0.222. The van der Waals surface area contributed by atoms with Crippen molar-refractivity contribution in [3.63, 3.8) is 0 Å². The molecule has 11 nitrogen and oxygen atoms in total. The fourth-order valence-electron chi connectivity index (χ4n) is 6.15. The van der Waals surface area contributed by atoms with E-state index in [1.54, 1.807) is 35.1 Å². The highest BCUT2D eigenvalue weighted by Crippen LogP contribution is 2.36. The van der Waals surface area contributed by atoms with Crippen LogP contribution in [0.2, 0.25) is 5.02 Å². The first-order valence-corrected chi connectivity index (χ1v) is 16.8. The van der Waals surface area contributed by atoms with Crippen LogP contribution in [-0.4, -0.2) is 73.0 Å². The average molecular weight is 677 g/mol. The largest absolute Gasteiger partial charge is 0.444 e. The third-order valence-corrected chi connectivity index (χ3v) is 9.41. The van der Waals surface area contributed by atoms with Crippen LogP contribution in [0.3, 0.4) is 0 Å². The monoisotopic (exact) mass is 676 g/mol. The van der Waals surface area contributed by atoms with Crippen LogP contribution in [0, 0.1) is 5.82 Å². The number of amides is 2. The van der Waals surface area contributed by atoms with Crippen molar-refractivity contribution in [3.8, 4) is 11.1 Å². The number of anilines is 2. The number of aromatic nitrogens is 5. The smallest absolute Gasteiger partial charge is 0.410 e. The minimum absolute atomic E-state index is 0.0674. The SMILES string of the molecule is CC(C)(C)OC(=O)N1CCN(c2ccc(-c3cc(Cl)c4cn(C(C(=O)Nc5nccs5)c5ncn6c5CCC6)nc4c3F)cc2)CC1. The highest BCUT2D eigenvalue weighted by molar-refractivity contribution is 7.13. The molecular formula is C33H34ClFN8O3S. The van der Waals surface area contributed by atoms with E-state index in [4.69, 9.17) is 16.3 Å². The number of carbonyl (C=O) groups excluding carboxylic acids is 2. The highest BCUT2D eigenvalue weighted by Gasteiger charge is 2.33. The van der Waals surface area contributed by atoms with Gasteiger partial charge in [0.25, 0.3) is 5.91 Å². The van der Waals surface area contributed by atoms with Gasteiger partial charge in [0.05, 0.1) is 17.0 Å². The highest BCUT2D eigenvalue weighted by atomic mass is 35.5. The van der Waals surface area contributed by atoms with Crippen LogP contribution >= 0.6 is 22.9 Å². The van der Waals surface area contributed by atoms with Crippen LogP contribution in [0.15, 0.2) is 54.4 Å². The second kappa shape index (κ2) is 12.3. The number of nitrogens with zero attached hydrogens (tertiary/aromatic N) is 7. The Morgan fingerprint density at radius 3 is 2.55 bits per heavy atom. The van der Waals surface area contributed by atoms with E-state index in [0.29, 0.717) is 58.5 Å². The number of imidazole rings is 1. The van der Waals surface area contributed by atoms with Crippen LogP contribution < -0.4 is 10.2 Å². The molecule has 0 saturated carbocycles. The van der Waals surface area contributed by atoms with E-state index >= 15 is 4.39 Å². The molecule has 244 valence electrons. The minimum Gasteiger partial charge on any atom is -0.444 e. The molecule has 0 aliphatic carbocycles. The van der Waals surface area contributed by atoms with Crippen LogP contribution in [-0.2, 0) is 22.5 Å². The van der Waals surface area contributed by atoms with Gasteiger partial charge in [-0.05, 0) is 57.4 Å². The molecule has 7 rings (SSSR count). The molecule has 14 heteroatoms. The lowest BCUT2D eigenvalue weighted by Gasteiger charge is -2.36. The minimum atomic E-state index is -0.949. The fraction of sp³-hybridized carbons (Fsp3) is 0.364. The van der Waals surface area contributed by atoms with E-state index in [2.05, 4.69) is 25.3 Å². The molecule has 2 amide bonds. The number of benzene rings is 2. The number of hydrogen-bond donors (Lipinski definition) is 1. The van der Waals surface area contributed by atoms with Crippen LogP contribution in [0.25, 0.3) is 22.0 Å². The molecule has 1 fully saturated rings. The fourth-order valence-corrected chi connectivity index (χ4v) is 6.93. The topological polar surface area (TPSA) is 110 Å². The Bertz CT molecular complexity index is 1940. The lowest BCUT2D eigenvalue weighted by molar-refractivity contribution is -0.118. The molecule has 2 aliphatic rings. The number of rotatable bonds is 6. The summed E-state index contributed by atoms with van der Waals surface area (Å²) in [4.78, 5) is 38.8. The van der Waals surface area contributed by atoms with Crippen LogP contribution in [0.4, 0.5) is 20.0 Å². The number of halogens is 2. The number of fused-ring (bicyclic) bond motifs is 2. The van der Waals surface area contributed by atoms with Gasteiger partial charge in [0, 0.05) is 72.8 Å². The van der Waals surface area contributed by atoms with E-state index < -0.39 is 17.5 Å². The van der Waals surface area contributed by atoms with Gasteiger partial charge >= 0.3 is 6.09 Å². The first-order chi connectivity index (χ1) is 22.6. The number of carbonyl (C=O) groups is 2. The molecule has 0 spiro atoms.